The van der Waals surface area contributed by atoms with Crippen molar-refractivity contribution < 1.29 is 9.53 Å². The van der Waals surface area contributed by atoms with Gasteiger partial charge in [-0.2, -0.15) is 0 Å². The molecule has 1 aliphatic heterocycles. The maximum absolute atomic E-state index is 11.7. The van der Waals surface area contributed by atoms with Crippen molar-refractivity contribution in [3.63, 3.8) is 0 Å². The number of carbonyl (C=O) groups excluding carboxylic acids is 1. The van der Waals surface area contributed by atoms with E-state index in [1.54, 1.807) is 12.0 Å². The van der Waals surface area contributed by atoms with Gasteiger partial charge in [-0.25, -0.2) is 0 Å². The van der Waals surface area contributed by atoms with Crippen LogP contribution in [0.25, 0.3) is 0 Å². The molecule has 5 nitrogen and oxygen atoms in total. The van der Waals surface area contributed by atoms with E-state index in [4.69, 9.17) is 4.74 Å². The molecule has 1 fully saturated rings. The molecule has 0 aromatic carbocycles. The Bertz CT molecular complexity index is 332. The molecule has 0 bridgehead atoms. The van der Waals surface area contributed by atoms with Crippen LogP contribution in [-0.4, -0.2) is 46.2 Å². The van der Waals surface area contributed by atoms with Crippen LogP contribution in [0, 0.1) is 0 Å². The van der Waals surface area contributed by atoms with Crippen molar-refractivity contribution in [2.45, 2.75) is 12.5 Å². The second-order valence-electron chi connectivity index (χ2n) is 3.60. The Hall–Kier alpha value is -1.01. The molecular formula is C8H11N3O2S. The standard InChI is InChI=1S/C8H11N3O2S/c1-8(13-2)4-11(5-8)7(12)6-3-9-10-14-6/h3H,4-5H2,1-2H3. The van der Waals surface area contributed by atoms with E-state index in [0.717, 1.165) is 11.5 Å². The Morgan fingerprint density at radius 2 is 2.43 bits per heavy atom. The van der Waals surface area contributed by atoms with E-state index in [9.17, 15) is 4.79 Å². The topological polar surface area (TPSA) is 55.3 Å². The van der Waals surface area contributed by atoms with Crippen LogP contribution in [0.4, 0.5) is 0 Å². The molecule has 0 aliphatic carbocycles. The molecule has 1 aliphatic rings. The van der Waals surface area contributed by atoms with Crippen molar-refractivity contribution in [2.24, 2.45) is 0 Å². The molecule has 0 N–H and O–H groups in total. The Morgan fingerprint density at radius 3 is 2.93 bits per heavy atom. The van der Waals surface area contributed by atoms with Gasteiger partial charge in [-0.15, -0.1) is 5.10 Å². The summed E-state index contributed by atoms with van der Waals surface area (Å²) in [6, 6.07) is 0. The fourth-order valence-electron chi connectivity index (χ4n) is 1.45. The van der Waals surface area contributed by atoms with Crippen LogP contribution in [0.2, 0.25) is 0 Å². The smallest absolute Gasteiger partial charge is 0.267 e. The summed E-state index contributed by atoms with van der Waals surface area (Å²) in [5.41, 5.74) is -0.173. The molecule has 0 atom stereocenters. The van der Waals surface area contributed by atoms with Crippen molar-refractivity contribution in [2.75, 3.05) is 20.2 Å². The molecule has 0 spiro atoms. The summed E-state index contributed by atoms with van der Waals surface area (Å²) >= 11 is 1.12. The molecule has 76 valence electrons. The zero-order valence-corrected chi connectivity index (χ0v) is 8.87. The fraction of sp³-hybridized carbons (Fsp3) is 0.625. The fourth-order valence-corrected chi connectivity index (χ4v) is 1.93. The molecule has 6 heteroatoms. The highest BCUT2D eigenvalue weighted by Crippen LogP contribution is 2.25. The van der Waals surface area contributed by atoms with Crippen molar-refractivity contribution in [1.29, 1.82) is 0 Å². The number of aromatic nitrogens is 2. The summed E-state index contributed by atoms with van der Waals surface area (Å²) in [7, 11) is 1.66. The number of nitrogens with zero attached hydrogens (tertiary/aromatic N) is 3. The van der Waals surface area contributed by atoms with Gasteiger partial charge in [0, 0.05) is 7.11 Å². The Labute approximate surface area is 85.8 Å². The van der Waals surface area contributed by atoms with Gasteiger partial charge >= 0.3 is 0 Å². The average molecular weight is 213 g/mol. The van der Waals surface area contributed by atoms with E-state index in [0.29, 0.717) is 18.0 Å². The molecule has 14 heavy (non-hydrogen) atoms. The number of hydrogen-bond donors (Lipinski definition) is 0. The first-order valence-corrected chi connectivity index (χ1v) is 5.04. The van der Waals surface area contributed by atoms with Gasteiger partial charge in [-0.1, -0.05) is 4.49 Å². The Morgan fingerprint density at radius 1 is 1.71 bits per heavy atom. The predicted octanol–water partition coefficient (Wildman–Crippen LogP) is 0.399. The van der Waals surface area contributed by atoms with E-state index < -0.39 is 0 Å². The van der Waals surface area contributed by atoms with Gasteiger partial charge in [0.15, 0.2) is 0 Å². The normalized spacial score (nSPS) is 19.1. The summed E-state index contributed by atoms with van der Waals surface area (Å²) < 4.78 is 8.90. The Balaban J connectivity index is 1.98. The third-order valence-electron chi connectivity index (χ3n) is 2.40. The summed E-state index contributed by atoms with van der Waals surface area (Å²) in [5, 5.41) is 3.63. The molecule has 2 rings (SSSR count). The first-order chi connectivity index (χ1) is 6.64. The van der Waals surface area contributed by atoms with Crippen LogP contribution < -0.4 is 0 Å². The number of amides is 1. The van der Waals surface area contributed by atoms with Gasteiger partial charge < -0.3 is 9.64 Å². The average Bonchev–Trinajstić information content (AvgIpc) is 2.64. The molecule has 1 aromatic heterocycles. The van der Waals surface area contributed by atoms with Crippen LogP contribution in [0.5, 0.6) is 0 Å². The molecular weight excluding hydrogens is 202 g/mol. The van der Waals surface area contributed by atoms with E-state index >= 15 is 0 Å². The van der Waals surface area contributed by atoms with Crippen molar-refractivity contribution in [1.82, 2.24) is 14.5 Å². The molecule has 0 saturated carbocycles. The third kappa shape index (κ3) is 1.51. The lowest BCUT2D eigenvalue weighted by Gasteiger charge is -2.46. The molecule has 1 saturated heterocycles. The maximum atomic E-state index is 11.7. The quantitative estimate of drug-likeness (QED) is 0.713. The first-order valence-electron chi connectivity index (χ1n) is 4.26. The molecule has 1 amide bonds. The van der Waals surface area contributed by atoms with E-state index in [1.807, 2.05) is 6.92 Å². The zero-order valence-electron chi connectivity index (χ0n) is 8.06. The highest BCUT2D eigenvalue weighted by molar-refractivity contribution is 7.07. The van der Waals surface area contributed by atoms with E-state index in [-0.39, 0.29) is 11.5 Å². The molecule has 0 radical (unpaired) electrons. The van der Waals surface area contributed by atoms with Gasteiger partial charge in [0.25, 0.3) is 5.91 Å². The lowest BCUT2D eigenvalue weighted by molar-refractivity contribution is -0.0946. The largest absolute Gasteiger partial charge is 0.375 e. The van der Waals surface area contributed by atoms with Crippen LogP contribution in [0.1, 0.15) is 16.6 Å². The van der Waals surface area contributed by atoms with Crippen molar-refractivity contribution in [3.8, 4) is 0 Å². The van der Waals surface area contributed by atoms with Crippen molar-refractivity contribution in [3.05, 3.63) is 11.1 Å². The van der Waals surface area contributed by atoms with E-state index in [1.165, 1.54) is 6.20 Å². The van der Waals surface area contributed by atoms with Gasteiger partial charge in [-0.05, 0) is 18.5 Å². The van der Waals surface area contributed by atoms with Crippen LogP contribution in [0.3, 0.4) is 0 Å². The second-order valence-corrected chi connectivity index (χ2v) is 4.38. The minimum absolute atomic E-state index is 0.00507. The number of carbonyl (C=O) groups is 1. The number of methoxy groups -OCH3 is 1. The predicted molar refractivity (Wildman–Crippen MR) is 51.2 cm³/mol. The minimum atomic E-state index is -0.173. The molecule has 2 heterocycles. The summed E-state index contributed by atoms with van der Waals surface area (Å²) in [4.78, 5) is 14.0. The van der Waals surface area contributed by atoms with Gasteiger partial charge in [0.05, 0.1) is 19.3 Å². The maximum Gasteiger partial charge on any atom is 0.267 e. The third-order valence-corrected chi connectivity index (χ3v) is 3.06. The summed E-state index contributed by atoms with van der Waals surface area (Å²) in [6.45, 7) is 3.27. The summed E-state index contributed by atoms with van der Waals surface area (Å²) in [5.74, 6) is -0.00507. The van der Waals surface area contributed by atoms with Gasteiger partial charge in [0.2, 0.25) is 0 Å². The van der Waals surface area contributed by atoms with E-state index in [2.05, 4.69) is 9.59 Å². The lowest BCUT2D eigenvalue weighted by atomic mass is 9.96. The lowest BCUT2D eigenvalue weighted by Crippen LogP contribution is -2.62. The van der Waals surface area contributed by atoms with Crippen LogP contribution in [-0.2, 0) is 4.74 Å². The Kier molecular flexibility index (Phi) is 2.24. The highest BCUT2D eigenvalue weighted by atomic mass is 32.1. The zero-order chi connectivity index (χ0) is 10.2. The van der Waals surface area contributed by atoms with Gasteiger partial charge in [-0.3, -0.25) is 4.79 Å². The minimum Gasteiger partial charge on any atom is -0.375 e. The number of ether oxygens (including phenoxy) is 1. The monoisotopic (exact) mass is 213 g/mol. The van der Waals surface area contributed by atoms with Crippen LogP contribution in [0.15, 0.2) is 6.20 Å². The first kappa shape index (κ1) is 9.54. The second kappa shape index (κ2) is 3.29. The van der Waals surface area contributed by atoms with Gasteiger partial charge in [0.1, 0.15) is 10.5 Å². The number of rotatable bonds is 2. The number of hydrogen-bond acceptors (Lipinski definition) is 5. The molecule has 1 aromatic rings. The number of likely N-dealkylation sites (tertiary alicyclic amines) is 1. The molecule has 0 unspecified atom stereocenters. The highest BCUT2D eigenvalue weighted by Gasteiger charge is 2.42. The van der Waals surface area contributed by atoms with Crippen molar-refractivity contribution >= 4 is 17.4 Å². The summed E-state index contributed by atoms with van der Waals surface area (Å²) in [6.07, 6.45) is 1.50. The van der Waals surface area contributed by atoms with Crippen LogP contribution >= 0.6 is 11.5 Å². The SMILES string of the molecule is COC1(C)CN(C(=O)c2cnns2)C1.